The van der Waals surface area contributed by atoms with E-state index in [-0.39, 0.29) is 6.54 Å². The number of carbonyl (C=O) groups excluding carboxylic acids is 2. The Morgan fingerprint density at radius 1 is 1.12 bits per heavy atom. The lowest BCUT2D eigenvalue weighted by Gasteiger charge is -2.38. The van der Waals surface area contributed by atoms with Crippen molar-refractivity contribution < 1.29 is 37.0 Å². The Labute approximate surface area is 201 Å². The van der Waals surface area contributed by atoms with E-state index < -0.39 is 68.5 Å². The second-order valence-corrected chi connectivity index (χ2v) is 12.8. The number of ether oxygens (including phenoxy) is 4. The van der Waals surface area contributed by atoms with E-state index >= 15 is 0 Å². The van der Waals surface area contributed by atoms with Crippen LogP contribution in [0.25, 0.3) is 0 Å². The van der Waals surface area contributed by atoms with Crippen molar-refractivity contribution in [3.05, 3.63) is 0 Å². The zero-order valence-corrected chi connectivity index (χ0v) is 21.0. The van der Waals surface area contributed by atoms with Gasteiger partial charge in [-0.1, -0.05) is 6.92 Å². The van der Waals surface area contributed by atoms with Gasteiger partial charge in [-0.3, -0.25) is 14.5 Å². The molecule has 34 heavy (non-hydrogen) atoms. The van der Waals surface area contributed by atoms with Crippen LogP contribution in [0.4, 0.5) is 0 Å². The summed E-state index contributed by atoms with van der Waals surface area (Å²) in [5.74, 6) is -2.36. The molecule has 192 valence electrons. The highest BCUT2D eigenvalue weighted by Gasteiger charge is 2.73. The second-order valence-electron chi connectivity index (χ2n) is 11.0. The average Bonchev–Trinajstić information content (AvgIpc) is 3.50. The summed E-state index contributed by atoms with van der Waals surface area (Å²) < 4.78 is 52.2. The first-order valence-electron chi connectivity index (χ1n) is 12.5. The average molecular weight is 501 g/mol. The lowest BCUT2D eigenvalue weighted by atomic mass is 9.72. The molecule has 1 saturated carbocycles. The van der Waals surface area contributed by atoms with E-state index in [0.29, 0.717) is 32.7 Å². The third kappa shape index (κ3) is 4.07. The number of nitrogens with one attached hydrogen (secondary N) is 1. The first-order chi connectivity index (χ1) is 16.1. The van der Waals surface area contributed by atoms with Crippen LogP contribution in [0.15, 0.2) is 0 Å². The third-order valence-corrected chi connectivity index (χ3v) is 10.5. The first kappa shape index (κ1) is 24.4. The molecule has 5 fully saturated rings. The van der Waals surface area contributed by atoms with E-state index in [0.717, 1.165) is 25.7 Å². The predicted octanol–water partition coefficient (Wildman–Crippen LogP) is 0.590. The molecule has 0 radical (unpaired) electrons. The smallest absolute Gasteiger partial charge is 0.320 e. The molecular formula is C23H36N2O8S. The number of sulfonamides is 1. The van der Waals surface area contributed by atoms with E-state index in [9.17, 15) is 18.0 Å². The molecule has 0 aromatic heterocycles. The quantitative estimate of drug-likeness (QED) is 0.523. The van der Waals surface area contributed by atoms with Gasteiger partial charge in [0.05, 0.1) is 25.9 Å². The fourth-order valence-corrected chi connectivity index (χ4v) is 9.23. The molecular weight excluding hydrogens is 464 g/mol. The number of rotatable bonds is 6. The van der Waals surface area contributed by atoms with Gasteiger partial charge in [0.1, 0.15) is 29.0 Å². The molecule has 5 rings (SSSR count). The van der Waals surface area contributed by atoms with E-state index in [1.165, 1.54) is 0 Å². The van der Waals surface area contributed by atoms with Crippen LogP contribution >= 0.6 is 0 Å². The summed E-state index contributed by atoms with van der Waals surface area (Å²) in [6.07, 6.45) is 1.78. The fraction of sp³-hybridized carbons (Fsp3) is 0.913. The van der Waals surface area contributed by atoms with Gasteiger partial charge in [0.15, 0.2) is 0 Å². The van der Waals surface area contributed by atoms with Crippen molar-refractivity contribution in [1.29, 1.82) is 0 Å². The monoisotopic (exact) mass is 500 g/mol. The zero-order valence-electron chi connectivity index (χ0n) is 20.2. The predicted molar refractivity (Wildman–Crippen MR) is 120 cm³/mol. The number of carbonyl (C=O) groups is 2. The van der Waals surface area contributed by atoms with Crippen LogP contribution in [0.5, 0.6) is 0 Å². The van der Waals surface area contributed by atoms with Gasteiger partial charge in [-0.25, -0.2) is 13.1 Å². The van der Waals surface area contributed by atoms with Crippen LogP contribution < -0.4 is 4.72 Å². The van der Waals surface area contributed by atoms with Crippen molar-refractivity contribution in [3.63, 3.8) is 0 Å². The van der Waals surface area contributed by atoms with Crippen molar-refractivity contribution in [3.8, 4) is 0 Å². The van der Waals surface area contributed by atoms with E-state index in [1.54, 1.807) is 0 Å². The Kier molecular flexibility index (Phi) is 6.24. The van der Waals surface area contributed by atoms with Gasteiger partial charge < -0.3 is 18.9 Å². The maximum Gasteiger partial charge on any atom is 0.320 e. The zero-order chi connectivity index (χ0) is 24.3. The molecule has 6 atom stereocenters. The molecule has 5 aliphatic rings. The fourth-order valence-electron chi connectivity index (χ4n) is 6.76. The summed E-state index contributed by atoms with van der Waals surface area (Å²) in [4.78, 5) is 28.4. The largest absolute Gasteiger partial charge is 0.459 e. The summed E-state index contributed by atoms with van der Waals surface area (Å²) in [5, 5.41) is -0.875. The Balaban J connectivity index is 1.40. The second kappa shape index (κ2) is 8.69. The minimum absolute atomic E-state index is 0.0892. The van der Waals surface area contributed by atoms with Crippen molar-refractivity contribution in [2.24, 2.45) is 11.8 Å². The molecule has 4 saturated heterocycles. The van der Waals surface area contributed by atoms with Crippen LogP contribution in [-0.2, 0) is 38.6 Å². The highest BCUT2D eigenvalue weighted by atomic mass is 32.2. The van der Waals surface area contributed by atoms with Crippen molar-refractivity contribution >= 4 is 22.0 Å². The molecule has 0 aromatic rings. The van der Waals surface area contributed by atoms with Crippen LogP contribution in [0.3, 0.4) is 0 Å². The molecule has 0 aromatic carbocycles. The maximum atomic E-state index is 13.6. The van der Waals surface area contributed by atoms with E-state index in [2.05, 4.69) is 4.72 Å². The van der Waals surface area contributed by atoms with Gasteiger partial charge in [0.2, 0.25) is 10.0 Å². The van der Waals surface area contributed by atoms with Gasteiger partial charge in [-0.05, 0) is 46.0 Å². The molecule has 10 nitrogen and oxygen atoms in total. The molecule has 4 aliphatic heterocycles. The number of fused-ring (bicyclic) bond motifs is 5. The van der Waals surface area contributed by atoms with E-state index in [4.69, 9.17) is 18.9 Å². The summed E-state index contributed by atoms with van der Waals surface area (Å²) in [6.45, 7) is 8.08. The summed E-state index contributed by atoms with van der Waals surface area (Å²) >= 11 is 0. The standard InChI is InChI=1S/C23H36N2O8S/c1-4-23(7-5-6-8-23)33-21(27)15-17(31-14(26)13-25-9-11-30-12-10-25)19-16-20(18(15)32-19)34(28,29)24-22(16,2)3/h15-20,24H,4-13H2,1-3H3. The van der Waals surface area contributed by atoms with Gasteiger partial charge >= 0.3 is 11.9 Å². The number of nitrogens with zero attached hydrogens (tertiary/aromatic N) is 1. The van der Waals surface area contributed by atoms with Crippen molar-refractivity contribution in [2.75, 3.05) is 32.8 Å². The summed E-state index contributed by atoms with van der Waals surface area (Å²) in [6, 6.07) is 0. The molecule has 0 spiro atoms. The SMILES string of the molecule is CCC1(OC(=O)C2C(OC(=O)CN3CCOCC3)C3OC2C2C3C(C)(C)NS2(=O)=O)CCCC1. The number of morpholine rings is 1. The van der Waals surface area contributed by atoms with Gasteiger partial charge in [0.25, 0.3) is 0 Å². The molecule has 4 heterocycles. The molecule has 11 heteroatoms. The number of hydrogen-bond donors (Lipinski definition) is 1. The van der Waals surface area contributed by atoms with Crippen LogP contribution in [-0.4, -0.2) is 92.8 Å². The normalized spacial score (nSPS) is 39.6. The molecule has 6 unspecified atom stereocenters. The van der Waals surface area contributed by atoms with Gasteiger partial charge in [-0.15, -0.1) is 0 Å². The Morgan fingerprint density at radius 2 is 1.79 bits per heavy atom. The molecule has 1 N–H and O–H groups in total. The van der Waals surface area contributed by atoms with Crippen molar-refractivity contribution in [1.82, 2.24) is 9.62 Å². The van der Waals surface area contributed by atoms with Crippen LogP contribution in [0.2, 0.25) is 0 Å². The Bertz CT molecular complexity index is 925. The molecule has 1 aliphatic carbocycles. The number of esters is 2. The lowest BCUT2D eigenvalue weighted by molar-refractivity contribution is -0.175. The first-order valence-corrected chi connectivity index (χ1v) is 14.0. The minimum atomic E-state index is -3.70. The topological polar surface area (TPSA) is 120 Å². The Morgan fingerprint density at radius 3 is 2.44 bits per heavy atom. The van der Waals surface area contributed by atoms with Crippen molar-refractivity contribution in [2.45, 2.75) is 87.6 Å². The molecule has 2 bridgehead atoms. The summed E-state index contributed by atoms with van der Waals surface area (Å²) in [5.41, 5.74) is -1.31. The van der Waals surface area contributed by atoms with Gasteiger partial charge in [-0.2, -0.15) is 0 Å². The van der Waals surface area contributed by atoms with E-state index in [1.807, 2.05) is 25.7 Å². The van der Waals surface area contributed by atoms with Crippen LogP contribution in [0, 0.1) is 11.8 Å². The number of hydrogen-bond acceptors (Lipinski definition) is 9. The van der Waals surface area contributed by atoms with Crippen LogP contribution in [0.1, 0.15) is 52.9 Å². The highest BCUT2D eigenvalue weighted by molar-refractivity contribution is 7.90. The van der Waals surface area contributed by atoms with Gasteiger partial charge in [0, 0.05) is 24.5 Å². The summed E-state index contributed by atoms with van der Waals surface area (Å²) in [7, 11) is -3.70. The maximum absolute atomic E-state index is 13.6. The molecule has 0 amide bonds. The lowest BCUT2D eigenvalue weighted by Crippen LogP contribution is -2.55. The minimum Gasteiger partial charge on any atom is -0.459 e. The highest BCUT2D eigenvalue weighted by Crippen LogP contribution is 2.54. The third-order valence-electron chi connectivity index (χ3n) is 8.45. The Hall–Kier alpha value is -1.27.